The number of hydrogen-bond acceptors (Lipinski definition) is 3. The average Bonchev–Trinajstić information content (AvgIpc) is 2.88. The van der Waals surface area contributed by atoms with Crippen LogP contribution in [0.15, 0.2) is 66.7 Å². The van der Waals surface area contributed by atoms with Crippen LogP contribution >= 0.6 is 35.0 Å². The minimum atomic E-state index is -0.655. The van der Waals surface area contributed by atoms with Crippen LogP contribution in [0.2, 0.25) is 10.0 Å². The molecule has 1 atom stereocenters. The molecule has 1 N–H and O–H groups in total. The van der Waals surface area contributed by atoms with E-state index in [9.17, 15) is 9.59 Å². The number of benzene rings is 3. The summed E-state index contributed by atoms with van der Waals surface area (Å²) in [5.41, 5.74) is 5.43. The van der Waals surface area contributed by atoms with Crippen LogP contribution in [0.4, 0.5) is 0 Å². The van der Waals surface area contributed by atoms with Gasteiger partial charge in [0.1, 0.15) is 6.04 Å². The maximum absolute atomic E-state index is 13.8. The van der Waals surface area contributed by atoms with Gasteiger partial charge in [-0.05, 0) is 49.1 Å². The lowest BCUT2D eigenvalue weighted by atomic mass is 10.0. The lowest BCUT2D eigenvalue weighted by molar-refractivity contribution is -0.139. The van der Waals surface area contributed by atoms with Crippen LogP contribution in [0.25, 0.3) is 0 Å². The number of carbonyl (C=O) groups excluding carboxylic acids is 2. The zero-order chi connectivity index (χ0) is 27.5. The van der Waals surface area contributed by atoms with Gasteiger partial charge in [-0.1, -0.05) is 102 Å². The van der Waals surface area contributed by atoms with E-state index in [-0.39, 0.29) is 24.1 Å². The molecule has 2 amide bonds. The number of unbranched alkanes of at least 4 members (excludes halogenated alkanes) is 1. The molecule has 7 heteroatoms. The van der Waals surface area contributed by atoms with Crippen molar-refractivity contribution in [2.45, 2.75) is 58.4 Å². The van der Waals surface area contributed by atoms with Crippen LogP contribution in [0.5, 0.6) is 0 Å². The molecule has 0 spiro atoms. The molecule has 0 aromatic heterocycles. The summed E-state index contributed by atoms with van der Waals surface area (Å²) in [6, 6.07) is 21.0. The molecule has 3 aromatic rings. The highest BCUT2D eigenvalue weighted by Gasteiger charge is 2.30. The highest BCUT2D eigenvalue weighted by molar-refractivity contribution is 7.99. The maximum atomic E-state index is 13.8. The summed E-state index contributed by atoms with van der Waals surface area (Å²) >= 11 is 14.0. The van der Waals surface area contributed by atoms with E-state index in [0.29, 0.717) is 23.0 Å². The number of aryl methyl sites for hydroxylation is 2. The summed E-state index contributed by atoms with van der Waals surface area (Å²) in [4.78, 5) is 28.9. The zero-order valence-corrected chi connectivity index (χ0v) is 24.6. The van der Waals surface area contributed by atoms with E-state index in [1.165, 1.54) is 16.7 Å². The number of carbonyl (C=O) groups is 2. The van der Waals surface area contributed by atoms with Crippen molar-refractivity contribution in [3.63, 3.8) is 0 Å². The van der Waals surface area contributed by atoms with E-state index in [1.54, 1.807) is 28.8 Å². The molecule has 0 aliphatic heterocycles. The molecule has 0 bridgehead atoms. The van der Waals surface area contributed by atoms with Crippen LogP contribution in [-0.4, -0.2) is 35.1 Å². The SMILES string of the molecule is CCCCNC(=O)[C@@H](Cc1ccccc1)N(Cc1ccc(Cl)c(Cl)c1)C(=O)CSCc1cc(C)cc(C)c1. The van der Waals surface area contributed by atoms with E-state index in [4.69, 9.17) is 23.2 Å². The van der Waals surface area contributed by atoms with Gasteiger partial charge in [0.2, 0.25) is 11.8 Å². The van der Waals surface area contributed by atoms with Crippen molar-refractivity contribution in [2.75, 3.05) is 12.3 Å². The molecule has 38 heavy (non-hydrogen) atoms. The third-order valence-electron chi connectivity index (χ3n) is 6.21. The average molecular weight is 572 g/mol. The van der Waals surface area contributed by atoms with Gasteiger partial charge in [-0.15, -0.1) is 11.8 Å². The van der Waals surface area contributed by atoms with Gasteiger partial charge >= 0.3 is 0 Å². The molecule has 0 heterocycles. The Morgan fingerprint density at radius 2 is 1.61 bits per heavy atom. The normalized spacial score (nSPS) is 11.7. The van der Waals surface area contributed by atoms with Crippen LogP contribution in [-0.2, 0) is 28.3 Å². The van der Waals surface area contributed by atoms with Gasteiger partial charge in [-0.3, -0.25) is 9.59 Å². The first-order valence-corrected chi connectivity index (χ1v) is 14.9. The van der Waals surface area contributed by atoms with E-state index >= 15 is 0 Å². The molecule has 0 radical (unpaired) electrons. The number of nitrogens with one attached hydrogen (secondary N) is 1. The molecule has 0 fully saturated rings. The van der Waals surface area contributed by atoms with E-state index in [0.717, 1.165) is 29.7 Å². The monoisotopic (exact) mass is 570 g/mol. The van der Waals surface area contributed by atoms with E-state index in [2.05, 4.69) is 44.3 Å². The Morgan fingerprint density at radius 3 is 2.26 bits per heavy atom. The smallest absolute Gasteiger partial charge is 0.243 e. The third kappa shape index (κ3) is 9.37. The number of nitrogens with zero attached hydrogens (tertiary/aromatic N) is 1. The molecule has 0 unspecified atom stereocenters. The molecule has 0 aliphatic carbocycles. The first-order chi connectivity index (χ1) is 18.3. The number of hydrogen-bond donors (Lipinski definition) is 1. The topological polar surface area (TPSA) is 49.4 Å². The Morgan fingerprint density at radius 1 is 0.895 bits per heavy atom. The second-order valence-corrected chi connectivity index (χ2v) is 11.4. The summed E-state index contributed by atoms with van der Waals surface area (Å²) in [5.74, 6) is 0.759. The second-order valence-electron chi connectivity index (χ2n) is 9.61. The van der Waals surface area contributed by atoms with Crippen molar-refractivity contribution in [1.29, 1.82) is 0 Å². The third-order valence-corrected chi connectivity index (χ3v) is 7.94. The van der Waals surface area contributed by atoms with Crippen molar-refractivity contribution in [3.05, 3.63) is 105 Å². The second kappa shape index (κ2) is 15.2. The summed E-state index contributed by atoms with van der Waals surface area (Å²) in [6.07, 6.45) is 2.29. The molecular formula is C31H36Cl2N2O2S. The van der Waals surface area contributed by atoms with Gasteiger partial charge in [0.15, 0.2) is 0 Å². The largest absolute Gasteiger partial charge is 0.354 e. The zero-order valence-electron chi connectivity index (χ0n) is 22.3. The van der Waals surface area contributed by atoms with Gasteiger partial charge in [0, 0.05) is 25.3 Å². The predicted octanol–water partition coefficient (Wildman–Crippen LogP) is 7.40. The fourth-order valence-corrected chi connectivity index (χ4v) is 5.55. The minimum absolute atomic E-state index is 0.0861. The number of rotatable bonds is 13. The molecule has 0 saturated carbocycles. The highest BCUT2D eigenvalue weighted by Crippen LogP contribution is 2.25. The summed E-state index contributed by atoms with van der Waals surface area (Å²) in [6.45, 7) is 7.09. The number of amides is 2. The Kier molecular flexibility index (Phi) is 12.0. The van der Waals surface area contributed by atoms with Crippen LogP contribution in [0, 0.1) is 13.8 Å². The standard InChI is InChI=1S/C31H36Cl2N2O2S/c1-4-5-13-34-31(37)29(18-24-9-7-6-8-10-24)35(19-25-11-12-27(32)28(33)17-25)30(36)21-38-20-26-15-22(2)14-23(3)16-26/h6-12,14-17,29H,4-5,13,18-21H2,1-3H3,(H,34,37)/t29-/m1/s1. The fraction of sp³-hybridized carbons (Fsp3) is 0.355. The summed E-state index contributed by atoms with van der Waals surface area (Å²) in [5, 5.41) is 3.93. The van der Waals surface area contributed by atoms with Crippen molar-refractivity contribution >= 4 is 46.8 Å². The van der Waals surface area contributed by atoms with Crippen molar-refractivity contribution in [1.82, 2.24) is 10.2 Å². The van der Waals surface area contributed by atoms with Crippen molar-refractivity contribution < 1.29 is 9.59 Å². The van der Waals surface area contributed by atoms with Crippen molar-refractivity contribution in [2.24, 2.45) is 0 Å². The van der Waals surface area contributed by atoms with Crippen molar-refractivity contribution in [3.8, 4) is 0 Å². The quantitative estimate of drug-likeness (QED) is 0.218. The lowest BCUT2D eigenvalue weighted by Crippen LogP contribution is -2.51. The lowest BCUT2D eigenvalue weighted by Gasteiger charge is -2.31. The Bertz CT molecular complexity index is 1200. The van der Waals surface area contributed by atoms with Crippen LogP contribution in [0.1, 0.15) is 47.6 Å². The van der Waals surface area contributed by atoms with Gasteiger partial charge < -0.3 is 10.2 Å². The van der Waals surface area contributed by atoms with Gasteiger partial charge in [-0.25, -0.2) is 0 Å². The predicted molar refractivity (Wildman–Crippen MR) is 161 cm³/mol. The first-order valence-electron chi connectivity index (χ1n) is 13.0. The number of thioether (sulfide) groups is 1. The van der Waals surface area contributed by atoms with Gasteiger partial charge in [-0.2, -0.15) is 0 Å². The van der Waals surface area contributed by atoms with E-state index in [1.807, 2.05) is 36.4 Å². The van der Waals surface area contributed by atoms with Crippen LogP contribution in [0.3, 0.4) is 0 Å². The Balaban J connectivity index is 1.86. The molecule has 4 nitrogen and oxygen atoms in total. The first kappa shape index (κ1) is 30.1. The van der Waals surface area contributed by atoms with Gasteiger partial charge in [0.25, 0.3) is 0 Å². The molecule has 3 aromatic carbocycles. The van der Waals surface area contributed by atoms with Crippen LogP contribution < -0.4 is 5.32 Å². The highest BCUT2D eigenvalue weighted by atomic mass is 35.5. The maximum Gasteiger partial charge on any atom is 0.243 e. The van der Waals surface area contributed by atoms with E-state index < -0.39 is 6.04 Å². The molecular weight excluding hydrogens is 535 g/mol. The summed E-state index contributed by atoms with van der Waals surface area (Å²) < 4.78 is 0. The molecule has 3 rings (SSSR count). The Hall–Kier alpha value is -2.47. The number of halogens is 2. The Labute approximate surface area is 241 Å². The summed E-state index contributed by atoms with van der Waals surface area (Å²) in [7, 11) is 0. The fourth-order valence-electron chi connectivity index (χ4n) is 4.39. The van der Waals surface area contributed by atoms with Gasteiger partial charge in [0.05, 0.1) is 15.8 Å². The molecule has 0 saturated heterocycles. The molecule has 202 valence electrons. The minimum Gasteiger partial charge on any atom is -0.354 e. The molecule has 0 aliphatic rings.